The number of benzene rings is 1. The molecule has 0 saturated heterocycles. The van der Waals surface area contributed by atoms with Crippen molar-refractivity contribution in [1.29, 1.82) is 0 Å². The summed E-state index contributed by atoms with van der Waals surface area (Å²) in [5.41, 5.74) is 0.777. The zero-order chi connectivity index (χ0) is 18.4. The largest absolute Gasteiger partial charge is 0.456 e. The molecule has 4 nitrogen and oxygen atoms in total. The highest BCUT2D eigenvalue weighted by Crippen LogP contribution is 2.28. The van der Waals surface area contributed by atoms with Crippen LogP contribution in [-0.2, 0) is 14.3 Å². The number of nitrogens with one attached hydrogen (secondary N) is 1. The Morgan fingerprint density at radius 2 is 1.92 bits per heavy atom. The first-order chi connectivity index (χ1) is 12.6. The van der Waals surface area contributed by atoms with Gasteiger partial charge in [0.15, 0.2) is 6.61 Å². The molecule has 1 aliphatic rings. The molecular weight excluding hydrogens is 353 g/mol. The van der Waals surface area contributed by atoms with Crippen LogP contribution in [0.25, 0.3) is 0 Å². The van der Waals surface area contributed by atoms with Gasteiger partial charge in [-0.05, 0) is 47.9 Å². The molecule has 1 saturated carbocycles. The van der Waals surface area contributed by atoms with Gasteiger partial charge in [0.25, 0.3) is 5.91 Å². The molecule has 1 N–H and O–H groups in total. The van der Waals surface area contributed by atoms with Crippen molar-refractivity contribution in [3.8, 4) is 0 Å². The fraction of sp³-hybridized carbons (Fsp3) is 0.400. The molecule has 2 aromatic rings. The molecule has 3 rings (SSSR count). The van der Waals surface area contributed by atoms with Gasteiger partial charge in [-0.3, -0.25) is 9.59 Å². The Kier molecular flexibility index (Phi) is 6.39. The average Bonchev–Trinajstić information content (AvgIpc) is 3.33. The SMILES string of the molecule is O=C(COC(=O)CC1CCCC1)N[C@@H](c1ccc(F)cc1)c1cccs1. The second kappa shape index (κ2) is 8.94. The molecule has 0 unspecified atom stereocenters. The first-order valence-corrected chi connectivity index (χ1v) is 9.73. The number of amides is 1. The maximum absolute atomic E-state index is 13.2. The van der Waals surface area contributed by atoms with Gasteiger partial charge in [-0.1, -0.05) is 31.0 Å². The molecule has 0 bridgehead atoms. The van der Waals surface area contributed by atoms with Crippen molar-refractivity contribution in [1.82, 2.24) is 5.32 Å². The van der Waals surface area contributed by atoms with E-state index in [0.717, 1.165) is 23.3 Å². The topological polar surface area (TPSA) is 55.4 Å². The summed E-state index contributed by atoms with van der Waals surface area (Å²) in [4.78, 5) is 25.1. The van der Waals surface area contributed by atoms with Crippen LogP contribution >= 0.6 is 11.3 Å². The molecule has 1 heterocycles. The van der Waals surface area contributed by atoms with E-state index in [1.165, 1.54) is 36.3 Å². The summed E-state index contributed by atoms with van der Waals surface area (Å²) < 4.78 is 18.3. The lowest BCUT2D eigenvalue weighted by Crippen LogP contribution is -2.32. The number of rotatable bonds is 7. The highest BCUT2D eigenvalue weighted by molar-refractivity contribution is 7.10. The molecule has 1 aliphatic carbocycles. The van der Waals surface area contributed by atoms with Crippen molar-refractivity contribution in [2.24, 2.45) is 5.92 Å². The van der Waals surface area contributed by atoms with Crippen molar-refractivity contribution in [2.45, 2.75) is 38.1 Å². The first-order valence-electron chi connectivity index (χ1n) is 8.85. The van der Waals surface area contributed by atoms with E-state index in [0.29, 0.717) is 12.3 Å². The fourth-order valence-corrected chi connectivity index (χ4v) is 4.09. The third-order valence-corrected chi connectivity index (χ3v) is 5.57. The minimum atomic E-state index is -0.392. The van der Waals surface area contributed by atoms with E-state index in [4.69, 9.17) is 4.74 Å². The summed E-state index contributed by atoms with van der Waals surface area (Å²) in [7, 11) is 0. The minimum absolute atomic E-state index is 0.297. The van der Waals surface area contributed by atoms with Gasteiger partial charge >= 0.3 is 5.97 Å². The molecule has 6 heteroatoms. The smallest absolute Gasteiger partial charge is 0.306 e. The van der Waals surface area contributed by atoms with Crippen LogP contribution in [0.2, 0.25) is 0 Å². The fourth-order valence-electron chi connectivity index (χ4n) is 3.29. The third-order valence-electron chi connectivity index (χ3n) is 4.63. The summed E-state index contributed by atoms with van der Waals surface area (Å²) in [6.45, 7) is -0.297. The van der Waals surface area contributed by atoms with E-state index in [9.17, 15) is 14.0 Å². The van der Waals surface area contributed by atoms with Crippen LogP contribution in [-0.4, -0.2) is 18.5 Å². The van der Waals surface area contributed by atoms with Gasteiger partial charge in [0.1, 0.15) is 5.82 Å². The van der Waals surface area contributed by atoms with E-state index in [-0.39, 0.29) is 24.3 Å². The molecular formula is C20H22FNO3S. The van der Waals surface area contributed by atoms with Crippen LogP contribution in [0.15, 0.2) is 41.8 Å². The second-order valence-corrected chi connectivity index (χ2v) is 7.56. The van der Waals surface area contributed by atoms with Gasteiger partial charge in [-0.25, -0.2) is 4.39 Å². The summed E-state index contributed by atoms with van der Waals surface area (Å²) in [6, 6.07) is 9.43. The zero-order valence-electron chi connectivity index (χ0n) is 14.4. The van der Waals surface area contributed by atoms with Crippen LogP contribution < -0.4 is 5.32 Å². The predicted molar refractivity (Wildman–Crippen MR) is 98.2 cm³/mol. The molecule has 0 radical (unpaired) electrons. The van der Waals surface area contributed by atoms with Gasteiger partial charge in [0.05, 0.1) is 6.04 Å². The van der Waals surface area contributed by atoms with Gasteiger partial charge < -0.3 is 10.1 Å². The summed E-state index contributed by atoms with van der Waals surface area (Å²) in [5, 5.41) is 4.79. The summed E-state index contributed by atoms with van der Waals surface area (Å²) in [5.74, 6) is -0.622. The maximum atomic E-state index is 13.2. The zero-order valence-corrected chi connectivity index (χ0v) is 15.3. The molecule has 1 aromatic heterocycles. The Labute approximate surface area is 156 Å². The van der Waals surface area contributed by atoms with Crippen molar-refractivity contribution in [2.75, 3.05) is 6.61 Å². The Balaban J connectivity index is 1.57. The molecule has 1 aromatic carbocycles. The second-order valence-electron chi connectivity index (χ2n) is 6.58. The Hall–Kier alpha value is -2.21. The predicted octanol–water partition coefficient (Wildman–Crippen LogP) is 4.22. The standard InChI is InChI=1S/C20H22FNO3S/c21-16-9-7-15(8-10-16)20(17-6-3-11-26-17)22-18(23)13-25-19(24)12-14-4-1-2-5-14/h3,6-11,14,20H,1-2,4-5,12-13H2,(H,22,23)/t20-/m0/s1. The van der Waals surface area contributed by atoms with E-state index in [2.05, 4.69) is 5.32 Å². The van der Waals surface area contributed by atoms with Gasteiger partial charge in [-0.2, -0.15) is 0 Å². The van der Waals surface area contributed by atoms with Crippen molar-refractivity contribution < 1.29 is 18.7 Å². The molecule has 0 spiro atoms. The molecule has 0 aliphatic heterocycles. The number of ether oxygens (including phenoxy) is 1. The van der Waals surface area contributed by atoms with Gasteiger partial charge in [-0.15, -0.1) is 11.3 Å². The number of esters is 1. The van der Waals surface area contributed by atoms with Crippen molar-refractivity contribution in [3.05, 3.63) is 58.0 Å². The van der Waals surface area contributed by atoms with Crippen LogP contribution in [0.5, 0.6) is 0 Å². The number of halogens is 1. The molecule has 138 valence electrons. The van der Waals surface area contributed by atoms with E-state index >= 15 is 0 Å². The van der Waals surface area contributed by atoms with Crippen molar-refractivity contribution in [3.63, 3.8) is 0 Å². The van der Waals surface area contributed by atoms with Crippen LogP contribution in [0.4, 0.5) is 4.39 Å². The van der Waals surface area contributed by atoms with Crippen LogP contribution in [0.1, 0.15) is 48.6 Å². The van der Waals surface area contributed by atoms with Crippen LogP contribution in [0.3, 0.4) is 0 Å². The highest BCUT2D eigenvalue weighted by atomic mass is 32.1. The number of carbonyl (C=O) groups excluding carboxylic acids is 2. The maximum Gasteiger partial charge on any atom is 0.306 e. The Morgan fingerprint density at radius 3 is 2.58 bits per heavy atom. The van der Waals surface area contributed by atoms with Crippen LogP contribution in [0, 0.1) is 11.7 Å². The molecule has 26 heavy (non-hydrogen) atoms. The lowest BCUT2D eigenvalue weighted by atomic mass is 10.0. The third kappa shape index (κ3) is 5.14. The van der Waals surface area contributed by atoms with Crippen molar-refractivity contribution >= 4 is 23.2 Å². The summed E-state index contributed by atoms with van der Waals surface area (Å²) in [6.07, 6.45) is 4.84. The number of hydrogen-bond acceptors (Lipinski definition) is 4. The number of hydrogen-bond donors (Lipinski definition) is 1. The normalized spacial score (nSPS) is 15.6. The van der Waals surface area contributed by atoms with E-state index in [1.807, 2.05) is 17.5 Å². The molecule has 1 amide bonds. The molecule has 1 fully saturated rings. The minimum Gasteiger partial charge on any atom is -0.456 e. The number of carbonyl (C=O) groups is 2. The Bertz CT molecular complexity index is 724. The van der Waals surface area contributed by atoms with Gasteiger partial charge in [0.2, 0.25) is 0 Å². The van der Waals surface area contributed by atoms with E-state index in [1.54, 1.807) is 12.1 Å². The van der Waals surface area contributed by atoms with Gasteiger partial charge in [0, 0.05) is 11.3 Å². The highest BCUT2D eigenvalue weighted by Gasteiger charge is 2.21. The Morgan fingerprint density at radius 1 is 1.19 bits per heavy atom. The average molecular weight is 375 g/mol. The number of thiophene rings is 1. The quantitative estimate of drug-likeness (QED) is 0.738. The lowest BCUT2D eigenvalue weighted by Gasteiger charge is -2.18. The van der Waals surface area contributed by atoms with E-state index < -0.39 is 6.04 Å². The first kappa shape index (κ1) is 18.6. The summed E-state index contributed by atoms with van der Waals surface area (Å²) >= 11 is 1.50. The monoisotopic (exact) mass is 375 g/mol. The molecule has 1 atom stereocenters. The lowest BCUT2D eigenvalue weighted by molar-refractivity contribution is -0.149.